The Morgan fingerprint density at radius 2 is 2.20 bits per heavy atom. The molecule has 0 saturated carbocycles. The molecule has 1 rings (SSSR count). The fraction of sp³-hybridized carbons (Fsp3) is 0.333. The molecule has 20 heavy (non-hydrogen) atoms. The Balaban J connectivity index is 3.09. The van der Waals surface area contributed by atoms with Crippen LogP contribution >= 0.6 is 23.2 Å². The summed E-state index contributed by atoms with van der Waals surface area (Å²) < 4.78 is 0. The van der Waals surface area contributed by atoms with Gasteiger partial charge in [0, 0.05) is 18.2 Å². The number of amides is 1. The van der Waals surface area contributed by atoms with Gasteiger partial charge in [-0.1, -0.05) is 30.1 Å². The highest BCUT2D eigenvalue weighted by atomic mass is 35.5. The summed E-state index contributed by atoms with van der Waals surface area (Å²) in [5.74, 6) is -0.595. The number of hydrogen-bond acceptors (Lipinski definition) is 4. The molecule has 0 aliphatic rings. The van der Waals surface area contributed by atoms with Crippen molar-refractivity contribution in [2.45, 2.75) is 25.8 Å². The van der Waals surface area contributed by atoms with E-state index in [1.165, 1.54) is 0 Å². The van der Waals surface area contributed by atoms with Crippen molar-refractivity contribution in [2.24, 2.45) is 0 Å². The van der Waals surface area contributed by atoms with Gasteiger partial charge in [-0.05, 0) is 6.42 Å². The average Bonchev–Trinajstić information content (AvgIpc) is 2.40. The molecular weight excluding hydrogens is 305 g/mol. The molecule has 0 aliphatic heterocycles. The number of nitrogens with one attached hydrogen (secondary N) is 1. The van der Waals surface area contributed by atoms with Gasteiger partial charge in [0.25, 0.3) is 11.6 Å². The minimum atomic E-state index is -0.661. The second kappa shape index (κ2) is 7.08. The van der Waals surface area contributed by atoms with Gasteiger partial charge in [-0.25, -0.2) is 0 Å². The molecule has 0 spiro atoms. The minimum absolute atomic E-state index is 0.0541. The van der Waals surface area contributed by atoms with E-state index in [9.17, 15) is 14.9 Å². The molecule has 0 heterocycles. The molecule has 1 atom stereocenters. The van der Waals surface area contributed by atoms with Crippen LogP contribution in [0.25, 0.3) is 0 Å². The van der Waals surface area contributed by atoms with Crippen molar-refractivity contribution in [2.75, 3.05) is 0 Å². The zero-order chi connectivity index (χ0) is 15.3. The number of non-ortho nitro benzene ring substituents is 1. The Hall–Kier alpha value is -1.84. The third-order valence-electron chi connectivity index (χ3n) is 2.63. The van der Waals surface area contributed by atoms with E-state index in [-0.39, 0.29) is 33.8 Å². The second-order valence-corrected chi connectivity index (χ2v) is 4.77. The van der Waals surface area contributed by atoms with Gasteiger partial charge >= 0.3 is 0 Å². The Labute approximate surface area is 125 Å². The van der Waals surface area contributed by atoms with E-state index < -0.39 is 10.8 Å². The van der Waals surface area contributed by atoms with Crippen molar-refractivity contribution in [1.82, 2.24) is 5.32 Å². The molecule has 8 heteroatoms. The van der Waals surface area contributed by atoms with Gasteiger partial charge in [-0.3, -0.25) is 14.9 Å². The number of nitriles is 1. The standard InChI is InChI=1S/C12H11Cl2N3O3/c1-2-7(3-4-15)16-12(18)9-5-8(17(19)20)6-10(13)11(9)14/h5-7H,2-3H2,1H3,(H,16,18). The normalized spacial score (nSPS) is 11.5. The van der Waals surface area contributed by atoms with Gasteiger partial charge < -0.3 is 5.32 Å². The molecule has 1 N–H and O–H groups in total. The lowest BCUT2D eigenvalue weighted by Gasteiger charge is -2.14. The number of rotatable bonds is 5. The average molecular weight is 316 g/mol. The first-order valence-corrected chi connectivity index (χ1v) is 6.47. The molecule has 0 fully saturated rings. The van der Waals surface area contributed by atoms with Crippen molar-refractivity contribution < 1.29 is 9.72 Å². The first-order chi connectivity index (χ1) is 9.40. The molecular formula is C12H11Cl2N3O3. The van der Waals surface area contributed by atoms with Crippen molar-refractivity contribution in [3.8, 4) is 6.07 Å². The Bertz CT molecular complexity index is 584. The van der Waals surface area contributed by atoms with Crippen LogP contribution in [0.4, 0.5) is 5.69 Å². The van der Waals surface area contributed by atoms with Crippen LogP contribution in [0.5, 0.6) is 0 Å². The third kappa shape index (κ3) is 3.83. The summed E-state index contributed by atoms with van der Waals surface area (Å²) in [6, 6.07) is 3.74. The van der Waals surface area contributed by atoms with Crippen LogP contribution in [-0.2, 0) is 0 Å². The minimum Gasteiger partial charge on any atom is -0.348 e. The van der Waals surface area contributed by atoms with E-state index in [4.69, 9.17) is 28.5 Å². The Morgan fingerprint density at radius 1 is 1.55 bits per heavy atom. The van der Waals surface area contributed by atoms with Crippen LogP contribution in [0.3, 0.4) is 0 Å². The summed E-state index contributed by atoms with van der Waals surface area (Å²) in [6.45, 7) is 1.81. The van der Waals surface area contributed by atoms with Crippen LogP contribution in [0.15, 0.2) is 12.1 Å². The zero-order valence-electron chi connectivity index (χ0n) is 10.5. The lowest BCUT2D eigenvalue weighted by Crippen LogP contribution is -2.34. The maximum absolute atomic E-state index is 12.1. The highest BCUT2D eigenvalue weighted by Crippen LogP contribution is 2.30. The first-order valence-electron chi connectivity index (χ1n) is 5.71. The van der Waals surface area contributed by atoms with E-state index in [0.29, 0.717) is 6.42 Å². The predicted molar refractivity (Wildman–Crippen MR) is 74.9 cm³/mol. The van der Waals surface area contributed by atoms with E-state index in [1.807, 2.05) is 13.0 Å². The molecule has 0 saturated heterocycles. The van der Waals surface area contributed by atoms with Crippen molar-refractivity contribution in [3.05, 3.63) is 37.9 Å². The number of halogens is 2. The topological polar surface area (TPSA) is 96.0 Å². The fourth-order valence-electron chi connectivity index (χ4n) is 1.52. The van der Waals surface area contributed by atoms with E-state index in [0.717, 1.165) is 12.1 Å². The SMILES string of the molecule is CCC(CC#N)NC(=O)c1cc([N+](=O)[O-])cc(Cl)c1Cl. The molecule has 1 aromatic carbocycles. The smallest absolute Gasteiger partial charge is 0.271 e. The molecule has 1 aromatic rings. The molecule has 1 unspecified atom stereocenters. The summed E-state index contributed by atoms with van der Waals surface area (Å²) in [4.78, 5) is 22.1. The van der Waals surface area contributed by atoms with E-state index >= 15 is 0 Å². The van der Waals surface area contributed by atoms with Crippen LogP contribution < -0.4 is 5.32 Å². The van der Waals surface area contributed by atoms with Crippen molar-refractivity contribution >= 4 is 34.8 Å². The lowest BCUT2D eigenvalue weighted by atomic mass is 10.1. The number of nitro groups is 1. The van der Waals surface area contributed by atoms with Crippen LogP contribution in [0.1, 0.15) is 30.1 Å². The molecule has 0 bridgehead atoms. The predicted octanol–water partition coefficient (Wildman–Crippen LogP) is 3.32. The van der Waals surface area contributed by atoms with Crippen LogP contribution in [0, 0.1) is 21.4 Å². The fourth-order valence-corrected chi connectivity index (χ4v) is 1.92. The molecule has 1 amide bonds. The number of nitro benzene ring substituents is 1. The van der Waals surface area contributed by atoms with Crippen LogP contribution in [0.2, 0.25) is 10.0 Å². The monoisotopic (exact) mass is 315 g/mol. The number of hydrogen-bond donors (Lipinski definition) is 1. The van der Waals surface area contributed by atoms with E-state index in [1.54, 1.807) is 0 Å². The number of nitrogens with zero attached hydrogens (tertiary/aromatic N) is 2. The van der Waals surface area contributed by atoms with Gasteiger partial charge in [0.2, 0.25) is 0 Å². The second-order valence-electron chi connectivity index (χ2n) is 3.99. The highest BCUT2D eigenvalue weighted by molar-refractivity contribution is 6.44. The summed E-state index contributed by atoms with van der Waals surface area (Å²) >= 11 is 11.7. The quantitative estimate of drug-likeness (QED) is 0.665. The maximum Gasteiger partial charge on any atom is 0.271 e. The maximum atomic E-state index is 12.1. The third-order valence-corrected chi connectivity index (χ3v) is 3.44. The highest BCUT2D eigenvalue weighted by Gasteiger charge is 2.21. The zero-order valence-corrected chi connectivity index (χ0v) is 12.0. The molecule has 106 valence electrons. The molecule has 0 aliphatic carbocycles. The Kier molecular flexibility index (Phi) is 5.74. The number of carbonyl (C=O) groups excluding carboxylic acids is 1. The lowest BCUT2D eigenvalue weighted by molar-refractivity contribution is -0.384. The first kappa shape index (κ1) is 16.2. The summed E-state index contributed by atoms with van der Waals surface area (Å²) in [6.07, 6.45) is 0.697. The largest absolute Gasteiger partial charge is 0.348 e. The number of benzene rings is 1. The van der Waals surface area contributed by atoms with Gasteiger partial charge in [0.05, 0.1) is 33.0 Å². The van der Waals surface area contributed by atoms with Gasteiger partial charge in [0.15, 0.2) is 0 Å². The van der Waals surface area contributed by atoms with Crippen molar-refractivity contribution in [3.63, 3.8) is 0 Å². The summed E-state index contributed by atoms with van der Waals surface area (Å²) in [7, 11) is 0. The van der Waals surface area contributed by atoms with Crippen LogP contribution in [-0.4, -0.2) is 16.9 Å². The van der Waals surface area contributed by atoms with Gasteiger partial charge in [0.1, 0.15) is 0 Å². The van der Waals surface area contributed by atoms with Crippen molar-refractivity contribution in [1.29, 1.82) is 5.26 Å². The molecule has 0 radical (unpaired) electrons. The summed E-state index contributed by atoms with van der Waals surface area (Å²) in [5.41, 5.74) is -0.403. The summed E-state index contributed by atoms with van der Waals surface area (Å²) in [5, 5.41) is 21.8. The molecule has 0 aromatic heterocycles. The van der Waals surface area contributed by atoms with Gasteiger partial charge in [-0.15, -0.1) is 0 Å². The molecule has 6 nitrogen and oxygen atoms in total. The number of carbonyl (C=O) groups is 1. The Morgan fingerprint density at radius 3 is 2.70 bits per heavy atom. The van der Waals surface area contributed by atoms with Gasteiger partial charge in [-0.2, -0.15) is 5.26 Å². The van der Waals surface area contributed by atoms with E-state index in [2.05, 4.69) is 5.32 Å².